The minimum atomic E-state index is 0.137. The maximum Gasteiger partial charge on any atom is 0.227 e. The minimum Gasteiger partial charge on any atom is -0.507 e. The monoisotopic (exact) mass is 537 g/mol. The second-order valence-electron chi connectivity index (χ2n) is 9.84. The van der Waals surface area contributed by atoms with Crippen LogP contribution in [0.2, 0.25) is 5.02 Å². The molecule has 1 amide bonds. The molecule has 1 aliphatic heterocycles. The molecule has 0 unspecified atom stereocenters. The molecule has 8 heteroatoms. The first-order valence-electron chi connectivity index (χ1n) is 13.0. The van der Waals surface area contributed by atoms with Crippen molar-refractivity contribution in [3.05, 3.63) is 101 Å². The van der Waals surface area contributed by atoms with E-state index >= 15 is 0 Å². The average molecular weight is 538 g/mol. The molecule has 1 saturated heterocycles. The lowest BCUT2D eigenvalue weighted by Gasteiger charge is -2.34. The second-order valence-corrected chi connectivity index (χ2v) is 10.3. The third-order valence-electron chi connectivity index (χ3n) is 7.24. The van der Waals surface area contributed by atoms with Crippen LogP contribution in [0.25, 0.3) is 33.5 Å². The van der Waals surface area contributed by atoms with Gasteiger partial charge in [-0.3, -0.25) is 14.7 Å². The fraction of sp³-hybridized carbons (Fsp3) is 0.194. The largest absolute Gasteiger partial charge is 0.507 e. The number of aromatic hydroxyl groups is 1. The molecule has 7 nitrogen and oxygen atoms in total. The van der Waals surface area contributed by atoms with E-state index in [-0.39, 0.29) is 11.7 Å². The molecule has 196 valence electrons. The number of amides is 1. The Morgan fingerprint density at radius 1 is 0.897 bits per heavy atom. The summed E-state index contributed by atoms with van der Waals surface area (Å²) < 4.78 is 0. The van der Waals surface area contributed by atoms with Crippen LogP contribution in [0.5, 0.6) is 5.75 Å². The highest BCUT2D eigenvalue weighted by molar-refractivity contribution is 6.30. The number of phenols is 1. The van der Waals surface area contributed by atoms with Crippen molar-refractivity contribution in [1.29, 1.82) is 0 Å². The minimum absolute atomic E-state index is 0.137. The Morgan fingerprint density at radius 3 is 2.36 bits per heavy atom. The van der Waals surface area contributed by atoms with E-state index in [0.29, 0.717) is 23.4 Å². The molecule has 0 atom stereocenters. The standard InChI is InChI=1S/C31H28ClN5O2/c32-24-10-6-22(7-11-24)20-36-14-16-37(17-15-36)29(38)18-21-4-8-23(9-5-21)25-2-1-3-26(30(25)39)31-34-27-12-13-33-19-28(27)35-31/h1-13,19,39H,14-18,20H2,(H,34,35). The highest BCUT2D eigenvalue weighted by Gasteiger charge is 2.21. The third kappa shape index (κ3) is 5.50. The van der Waals surface area contributed by atoms with Crippen LogP contribution in [0.4, 0.5) is 0 Å². The predicted octanol–water partition coefficient (Wildman–Crippen LogP) is 5.54. The maximum absolute atomic E-state index is 13.0. The Bertz CT molecular complexity index is 1570. The smallest absolute Gasteiger partial charge is 0.227 e. The van der Waals surface area contributed by atoms with Crippen LogP contribution < -0.4 is 0 Å². The first-order chi connectivity index (χ1) is 19.0. The summed E-state index contributed by atoms with van der Waals surface area (Å²) in [6.07, 6.45) is 3.77. The number of rotatable bonds is 6. The van der Waals surface area contributed by atoms with E-state index < -0.39 is 0 Å². The van der Waals surface area contributed by atoms with Gasteiger partial charge in [-0.1, -0.05) is 60.1 Å². The molecule has 39 heavy (non-hydrogen) atoms. The van der Waals surface area contributed by atoms with Crippen LogP contribution in [0.1, 0.15) is 11.1 Å². The van der Waals surface area contributed by atoms with Gasteiger partial charge in [0.15, 0.2) is 0 Å². The lowest BCUT2D eigenvalue weighted by atomic mass is 9.99. The van der Waals surface area contributed by atoms with Crippen molar-refractivity contribution in [2.24, 2.45) is 0 Å². The van der Waals surface area contributed by atoms with Gasteiger partial charge in [-0.2, -0.15) is 0 Å². The zero-order valence-electron chi connectivity index (χ0n) is 21.3. The van der Waals surface area contributed by atoms with E-state index in [1.165, 1.54) is 5.56 Å². The van der Waals surface area contributed by atoms with Gasteiger partial charge in [0.05, 0.1) is 29.2 Å². The van der Waals surface area contributed by atoms with E-state index in [1.54, 1.807) is 12.4 Å². The molecule has 0 radical (unpaired) electrons. The number of fused-ring (bicyclic) bond motifs is 1. The Hall–Kier alpha value is -4.20. The van der Waals surface area contributed by atoms with Gasteiger partial charge in [0.25, 0.3) is 0 Å². The summed E-state index contributed by atoms with van der Waals surface area (Å²) in [4.78, 5) is 29.2. The van der Waals surface area contributed by atoms with Crippen molar-refractivity contribution in [3.8, 4) is 28.3 Å². The van der Waals surface area contributed by atoms with Gasteiger partial charge in [0, 0.05) is 49.5 Å². The van der Waals surface area contributed by atoms with Gasteiger partial charge in [-0.25, -0.2) is 4.98 Å². The number of nitrogens with zero attached hydrogens (tertiary/aromatic N) is 4. The molecule has 0 saturated carbocycles. The number of hydrogen-bond acceptors (Lipinski definition) is 5. The van der Waals surface area contributed by atoms with E-state index in [4.69, 9.17) is 11.6 Å². The second kappa shape index (κ2) is 10.9. The lowest BCUT2D eigenvalue weighted by molar-refractivity contribution is -0.132. The molecule has 0 spiro atoms. The molecular formula is C31H28ClN5O2. The molecular weight excluding hydrogens is 510 g/mol. The Labute approximate surface area is 231 Å². The maximum atomic E-state index is 13.0. The number of nitrogens with one attached hydrogen (secondary N) is 1. The van der Waals surface area contributed by atoms with Crippen LogP contribution in [0, 0.1) is 0 Å². The summed E-state index contributed by atoms with van der Waals surface area (Å²) in [6.45, 7) is 4.02. The van der Waals surface area contributed by atoms with Crippen molar-refractivity contribution < 1.29 is 9.90 Å². The number of aromatic nitrogens is 3. The summed E-state index contributed by atoms with van der Waals surface area (Å²) in [6, 6.07) is 23.2. The van der Waals surface area contributed by atoms with Crippen molar-refractivity contribution >= 4 is 28.5 Å². The number of hydrogen-bond donors (Lipinski definition) is 2. The number of pyridine rings is 1. The number of halogens is 1. The first kappa shape index (κ1) is 25.1. The Kier molecular flexibility index (Phi) is 7.00. The molecule has 2 aromatic heterocycles. The molecule has 1 aliphatic rings. The van der Waals surface area contributed by atoms with Crippen LogP contribution in [-0.2, 0) is 17.8 Å². The normalized spacial score (nSPS) is 14.1. The Morgan fingerprint density at radius 2 is 1.62 bits per heavy atom. The fourth-order valence-corrected chi connectivity index (χ4v) is 5.17. The van der Waals surface area contributed by atoms with Crippen LogP contribution in [0.3, 0.4) is 0 Å². The summed E-state index contributed by atoms with van der Waals surface area (Å²) in [5, 5.41) is 11.8. The number of phenolic OH excluding ortho intramolecular Hbond substituents is 1. The molecule has 3 aromatic carbocycles. The highest BCUT2D eigenvalue weighted by Crippen LogP contribution is 2.37. The first-order valence-corrected chi connectivity index (χ1v) is 13.4. The molecule has 6 rings (SSSR count). The summed E-state index contributed by atoms with van der Waals surface area (Å²) in [5.41, 5.74) is 5.99. The molecule has 5 aromatic rings. The zero-order valence-corrected chi connectivity index (χ0v) is 22.1. The van der Waals surface area contributed by atoms with Gasteiger partial charge >= 0.3 is 0 Å². The lowest BCUT2D eigenvalue weighted by Crippen LogP contribution is -2.48. The number of para-hydroxylation sites is 1. The number of aromatic amines is 1. The van der Waals surface area contributed by atoms with Gasteiger partial charge in [0.2, 0.25) is 5.91 Å². The van der Waals surface area contributed by atoms with E-state index in [1.807, 2.05) is 65.6 Å². The zero-order chi connectivity index (χ0) is 26.8. The average Bonchev–Trinajstić information content (AvgIpc) is 3.39. The van der Waals surface area contributed by atoms with Crippen molar-refractivity contribution in [2.75, 3.05) is 26.2 Å². The SMILES string of the molecule is O=C(Cc1ccc(-c2cccc(-c3nc4ccncc4[nH]3)c2O)cc1)N1CCN(Cc2ccc(Cl)cc2)CC1. The number of benzene rings is 3. The molecule has 3 heterocycles. The molecule has 0 aliphatic carbocycles. The van der Waals surface area contributed by atoms with Crippen molar-refractivity contribution in [2.45, 2.75) is 13.0 Å². The molecule has 0 bridgehead atoms. The number of piperazine rings is 1. The topological polar surface area (TPSA) is 85.3 Å². The van der Waals surface area contributed by atoms with E-state index in [0.717, 1.165) is 59.9 Å². The summed E-state index contributed by atoms with van der Waals surface area (Å²) in [5.74, 6) is 0.885. The van der Waals surface area contributed by atoms with Gasteiger partial charge < -0.3 is 15.0 Å². The van der Waals surface area contributed by atoms with Gasteiger partial charge in [-0.05, 0) is 41.0 Å². The van der Waals surface area contributed by atoms with Crippen molar-refractivity contribution in [1.82, 2.24) is 24.8 Å². The number of carbonyl (C=O) groups is 1. The van der Waals surface area contributed by atoms with E-state index in [2.05, 4.69) is 32.0 Å². The Balaban J connectivity index is 1.09. The quantitative estimate of drug-likeness (QED) is 0.297. The molecule has 2 N–H and O–H groups in total. The van der Waals surface area contributed by atoms with E-state index in [9.17, 15) is 9.90 Å². The fourth-order valence-electron chi connectivity index (χ4n) is 5.04. The van der Waals surface area contributed by atoms with Crippen LogP contribution in [-0.4, -0.2) is 61.9 Å². The number of carbonyl (C=O) groups excluding carboxylic acids is 1. The number of imidazole rings is 1. The summed E-state index contributed by atoms with van der Waals surface area (Å²) >= 11 is 5.99. The predicted molar refractivity (Wildman–Crippen MR) is 153 cm³/mol. The molecule has 1 fully saturated rings. The number of H-pyrrole nitrogens is 1. The van der Waals surface area contributed by atoms with Crippen molar-refractivity contribution in [3.63, 3.8) is 0 Å². The summed E-state index contributed by atoms with van der Waals surface area (Å²) in [7, 11) is 0. The van der Waals surface area contributed by atoms with Gasteiger partial charge in [-0.15, -0.1) is 0 Å². The third-order valence-corrected chi connectivity index (χ3v) is 7.49. The van der Waals surface area contributed by atoms with Crippen LogP contribution >= 0.6 is 11.6 Å². The van der Waals surface area contributed by atoms with Crippen LogP contribution in [0.15, 0.2) is 85.2 Å². The highest BCUT2D eigenvalue weighted by atomic mass is 35.5. The van der Waals surface area contributed by atoms with Gasteiger partial charge in [0.1, 0.15) is 11.6 Å².